The van der Waals surface area contributed by atoms with Gasteiger partial charge >= 0.3 is 0 Å². The van der Waals surface area contributed by atoms with Gasteiger partial charge in [0.15, 0.2) is 5.84 Å². The standard InChI is InChI=1S/C10H15N3/c1-6-4-5-9(10(11)13-12)8(3)7(6)2/h4-5H,12H2,1-3H3,(H2,11,13). The fraction of sp³-hybridized carbons (Fsp3) is 0.300. The van der Waals surface area contributed by atoms with E-state index in [2.05, 4.69) is 18.9 Å². The molecule has 0 heterocycles. The number of rotatable bonds is 1. The summed E-state index contributed by atoms with van der Waals surface area (Å²) in [5.41, 5.74) is 10.2. The van der Waals surface area contributed by atoms with E-state index in [-0.39, 0.29) is 0 Å². The highest BCUT2D eigenvalue weighted by Crippen LogP contribution is 2.16. The number of hydrogen-bond donors (Lipinski definition) is 2. The molecule has 1 aromatic carbocycles. The minimum Gasteiger partial charge on any atom is -0.382 e. The van der Waals surface area contributed by atoms with Crippen LogP contribution in [-0.2, 0) is 0 Å². The lowest BCUT2D eigenvalue weighted by Gasteiger charge is -2.09. The van der Waals surface area contributed by atoms with E-state index in [0.29, 0.717) is 5.84 Å². The minimum atomic E-state index is 0.389. The van der Waals surface area contributed by atoms with Crippen LogP contribution in [0.4, 0.5) is 0 Å². The summed E-state index contributed by atoms with van der Waals surface area (Å²) in [6, 6.07) is 3.97. The molecule has 0 unspecified atom stereocenters. The molecule has 13 heavy (non-hydrogen) atoms. The molecule has 0 radical (unpaired) electrons. The highest BCUT2D eigenvalue weighted by molar-refractivity contribution is 5.98. The summed E-state index contributed by atoms with van der Waals surface area (Å²) in [7, 11) is 0. The topological polar surface area (TPSA) is 64.4 Å². The number of nitrogens with zero attached hydrogens (tertiary/aromatic N) is 1. The molecule has 70 valence electrons. The summed E-state index contributed by atoms with van der Waals surface area (Å²) in [4.78, 5) is 0. The zero-order chi connectivity index (χ0) is 10.0. The molecule has 0 fully saturated rings. The average molecular weight is 177 g/mol. The van der Waals surface area contributed by atoms with Gasteiger partial charge in [0.25, 0.3) is 0 Å². The Hall–Kier alpha value is -1.51. The molecule has 0 aliphatic rings. The van der Waals surface area contributed by atoms with Gasteiger partial charge in [-0.3, -0.25) is 0 Å². The van der Waals surface area contributed by atoms with E-state index in [0.717, 1.165) is 11.1 Å². The molecule has 1 rings (SSSR count). The molecule has 0 aliphatic heterocycles. The lowest BCUT2D eigenvalue weighted by molar-refractivity contribution is 1.20. The Morgan fingerprint density at radius 3 is 2.31 bits per heavy atom. The van der Waals surface area contributed by atoms with Crippen LogP contribution in [0.2, 0.25) is 0 Å². The van der Waals surface area contributed by atoms with Gasteiger partial charge in [-0.25, -0.2) is 0 Å². The molecular formula is C10H15N3. The highest BCUT2D eigenvalue weighted by atomic mass is 15.2. The van der Waals surface area contributed by atoms with Crippen LogP contribution in [0.15, 0.2) is 17.2 Å². The summed E-state index contributed by atoms with van der Waals surface area (Å²) in [5, 5.41) is 3.48. The van der Waals surface area contributed by atoms with Crippen molar-refractivity contribution >= 4 is 5.84 Å². The van der Waals surface area contributed by atoms with E-state index in [1.54, 1.807) is 0 Å². The maximum Gasteiger partial charge on any atom is 0.150 e. The molecule has 0 aromatic heterocycles. The van der Waals surface area contributed by atoms with Gasteiger partial charge in [-0.1, -0.05) is 12.1 Å². The van der Waals surface area contributed by atoms with Crippen LogP contribution in [-0.4, -0.2) is 5.84 Å². The minimum absolute atomic E-state index is 0.389. The van der Waals surface area contributed by atoms with Crippen LogP contribution >= 0.6 is 0 Å². The Balaban J connectivity index is 3.34. The largest absolute Gasteiger partial charge is 0.382 e. The van der Waals surface area contributed by atoms with Gasteiger partial charge in [-0.05, 0) is 37.5 Å². The number of amidine groups is 1. The highest BCUT2D eigenvalue weighted by Gasteiger charge is 2.06. The molecule has 0 atom stereocenters. The van der Waals surface area contributed by atoms with Gasteiger partial charge in [0.2, 0.25) is 0 Å². The Kier molecular flexibility index (Phi) is 2.56. The lowest BCUT2D eigenvalue weighted by atomic mass is 9.98. The number of hydrazone groups is 1. The molecule has 0 saturated carbocycles. The van der Waals surface area contributed by atoms with Crippen LogP contribution < -0.4 is 11.6 Å². The van der Waals surface area contributed by atoms with Gasteiger partial charge in [0, 0.05) is 5.56 Å². The molecule has 1 aromatic rings. The maximum atomic E-state index is 5.64. The Labute approximate surface area is 78.4 Å². The molecule has 0 saturated heterocycles. The Morgan fingerprint density at radius 1 is 1.15 bits per heavy atom. The maximum absolute atomic E-state index is 5.64. The van der Waals surface area contributed by atoms with E-state index in [4.69, 9.17) is 11.6 Å². The summed E-state index contributed by atoms with van der Waals surface area (Å²) in [6.07, 6.45) is 0. The fourth-order valence-electron chi connectivity index (χ4n) is 1.30. The number of aryl methyl sites for hydroxylation is 1. The third-order valence-electron chi connectivity index (χ3n) is 2.47. The van der Waals surface area contributed by atoms with Crippen LogP contribution in [0.3, 0.4) is 0 Å². The third kappa shape index (κ3) is 1.64. The number of hydrogen-bond acceptors (Lipinski definition) is 2. The second-order valence-electron chi connectivity index (χ2n) is 3.19. The fourth-order valence-corrected chi connectivity index (χ4v) is 1.30. The molecule has 3 nitrogen and oxygen atoms in total. The Morgan fingerprint density at radius 2 is 1.77 bits per heavy atom. The second-order valence-corrected chi connectivity index (χ2v) is 3.19. The Bertz CT molecular complexity index is 353. The van der Waals surface area contributed by atoms with Gasteiger partial charge in [-0.2, -0.15) is 5.10 Å². The predicted octanol–water partition coefficient (Wildman–Crippen LogP) is 1.19. The number of nitrogens with two attached hydrogens (primary N) is 2. The molecule has 0 amide bonds. The van der Waals surface area contributed by atoms with Crippen LogP contribution in [0.5, 0.6) is 0 Å². The van der Waals surface area contributed by atoms with E-state index < -0.39 is 0 Å². The summed E-state index contributed by atoms with van der Waals surface area (Å²) in [6.45, 7) is 6.16. The predicted molar refractivity (Wildman–Crippen MR) is 55.6 cm³/mol. The molecule has 0 spiro atoms. The van der Waals surface area contributed by atoms with Crippen molar-refractivity contribution in [3.8, 4) is 0 Å². The average Bonchev–Trinajstić information content (AvgIpc) is 2.13. The van der Waals surface area contributed by atoms with E-state index in [1.165, 1.54) is 11.1 Å². The van der Waals surface area contributed by atoms with E-state index >= 15 is 0 Å². The molecule has 3 heteroatoms. The van der Waals surface area contributed by atoms with E-state index in [1.807, 2.05) is 19.1 Å². The van der Waals surface area contributed by atoms with Crippen molar-refractivity contribution < 1.29 is 0 Å². The number of benzene rings is 1. The molecular weight excluding hydrogens is 162 g/mol. The first-order chi connectivity index (χ1) is 6.07. The molecule has 0 aliphatic carbocycles. The van der Waals surface area contributed by atoms with Gasteiger partial charge in [-0.15, -0.1) is 0 Å². The first kappa shape index (κ1) is 9.58. The lowest BCUT2D eigenvalue weighted by Crippen LogP contribution is -2.17. The third-order valence-corrected chi connectivity index (χ3v) is 2.47. The first-order valence-corrected chi connectivity index (χ1v) is 4.18. The van der Waals surface area contributed by atoms with Crippen molar-refractivity contribution in [1.29, 1.82) is 0 Å². The molecule has 4 N–H and O–H groups in total. The van der Waals surface area contributed by atoms with Crippen LogP contribution in [0.25, 0.3) is 0 Å². The summed E-state index contributed by atoms with van der Waals surface area (Å²) >= 11 is 0. The first-order valence-electron chi connectivity index (χ1n) is 4.18. The van der Waals surface area contributed by atoms with Gasteiger partial charge in [0.05, 0.1) is 0 Å². The summed E-state index contributed by atoms with van der Waals surface area (Å²) in [5.74, 6) is 5.51. The van der Waals surface area contributed by atoms with Crippen molar-refractivity contribution in [2.75, 3.05) is 0 Å². The quantitative estimate of drug-likeness (QED) is 0.293. The second kappa shape index (κ2) is 3.47. The van der Waals surface area contributed by atoms with Crippen molar-refractivity contribution in [2.45, 2.75) is 20.8 Å². The smallest absolute Gasteiger partial charge is 0.150 e. The molecule has 0 bridgehead atoms. The van der Waals surface area contributed by atoms with Crippen LogP contribution in [0.1, 0.15) is 22.3 Å². The van der Waals surface area contributed by atoms with Crippen molar-refractivity contribution in [3.05, 3.63) is 34.4 Å². The SMILES string of the molecule is Cc1ccc(/C(N)=N/N)c(C)c1C. The van der Waals surface area contributed by atoms with Crippen molar-refractivity contribution in [3.63, 3.8) is 0 Å². The normalized spacial score (nSPS) is 11.8. The van der Waals surface area contributed by atoms with Gasteiger partial charge in [0.1, 0.15) is 0 Å². The summed E-state index contributed by atoms with van der Waals surface area (Å²) < 4.78 is 0. The van der Waals surface area contributed by atoms with Crippen molar-refractivity contribution in [2.24, 2.45) is 16.7 Å². The van der Waals surface area contributed by atoms with Crippen molar-refractivity contribution in [1.82, 2.24) is 0 Å². The van der Waals surface area contributed by atoms with E-state index in [9.17, 15) is 0 Å². The monoisotopic (exact) mass is 177 g/mol. The zero-order valence-corrected chi connectivity index (χ0v) is 8.26. The van der Waals surface area contributed by atoms with Crippen LogP contribution in [0, 0.1) is 20.8 Å². The zero-order valence-electron chi connectivity index (χ0n) is 8.26. The van der Waals surface area contributed by atoms with Gasteiger partial charge < -0.3 is 11.6 Å².